The molecule has 1 saturated heterocycles. The lowest BCUT2D eigenvalue weighted by Crippen LogP contribution is -2.38. The van der Waals surface area contributed by atoms with E-state index >= 15 is 0 Å². The highest BCUT2D eigenvalue weighted by atomic mass is 32.1. The average molecular weight is 292 g/mol. The van der Waals surface area contributed by atoms with Crippen molar-refractivity contribution in [3.05, 3.63) is 29.3 Å². The van der Waals surface area contributed by atoms with Gasteiger partial charge in [-0.2, -0.15) is 0 Å². The molecule has 0 bridgehead atoms. The predicted molar refractivity (Wildman–Crippen MR) is 85.7 cm³/mol. The Morgan fingerprint density at radius 1 is 1.40 bits per heavy atom. The fourth-order valence-corrected chi connectivity index (χ4v) is 3.18. The molecule has 1 aliphatic rings. The largest absolute Gasteiger partial charge is 0.337 e. The van der Waals surface area contributed by atoms with Gasteiger partial charge in [0.15, 0.2) is 0 Å². The molecule has 1 aliphatic heterocycles. The summed E-state index contributed by atoms with van der Waals surface area (Å²) >= 11 is 4.34. The van der Waals surface area contributed by atoms with Crippen LogP contribution in [0.4, 0.5) is 0 Å². The second-order valence-corrected chi connectivity index (χ2v) is 5.93. The number of rotatable bonds is 4. The van der Waals surface area contributed by atoms with E-state index in [0.29, 0.717) is 6.04 Å². The molecular weight excluding hydrogens is 268 g/mol. The molecule has 0 N–H and O–H groups in total. The number of hydrogen-bond acceptors (Lipinski definition) is 3. The molecular formula is C16H24N2OS. The summed E-state index contributed by atoms with van der Waals surface area (Å²) in [5, 5.41) is 0. The molecule has 1 amide bonds. The number of likely N-dealkylation sites (N-methyl/N-ethyl adjacent to an activating group) is 1. The lowest BCUT2D eigenvalue weighted by Gasteiger charge is -2.26. The van der Waals surface area contributed by atoms with Crippen LogP contribution in [0.2, 0.25) is 0 Å². The molecule has 1 unspecified atom stereocenters. The fraction of sp³-hybridized carbons (Fsp3) is 0.562. The number of thiol groups is 1. The van der Waals surface area contributed by atoms with Gasteiger partial charge in [-0.15, -0.1) is 12.6 Å². The minimum Gasteiger partial charge on any atom is -0.337 e. The zero-order valence-corrected chi connectivity index (χ0v) is 13.5. The van der Waals surface area contributed by atoms with E-state index in [1.165, 1.54) is 0 Å². The Bertz CT molecular complexity index is 485. The third-order valence-electron chi connectivity index (χ3n) is 4.23. The van der Waals surface area contributed by atoms with Gasteiger partial charge in [-0.1, -0.05) is 19.9 Å². The molecule has 2 rings (SSSR count). The van der Waals surface area contributed by atoms with Gasteiger partial charge in [0.2, 0.25) is 0 Å². The Labute approximate surface area is 127 Å². The van der Waals surface area contributed by atoms with Gasteiger partial charge in [0, 0.05) is 29.6 Å². The van der Waals surface area contributed by atoms with E-state index in [2.05, 4.69) is 31.4 Å². The van der Waals surface area contributed by atoms with Crippen LogP contribution in [0.3, 0.4) is 0 Å². The van der Waals surface area contributed by atoms with E-state index in [1.807, 2.05) is 30.0 Å². The average Bonchev–Trinajstić information content (AvgIpc) is 2.92. The van der Waals surface area contributed by atoms with Crippen LogP contribution >= 0.6 is 12.6 Å². The molecule has 1 fully saturated rings. The van der Waals surface area contributed by atoms with Crippen LogP contribution in [-0.4, -0.2) is 47.9 Å². The van der Waals surface area contributed by atoms with Crippen LogP contribution < -0.4 is 0 Å². The Kier molecular flexibility index (Phi) is 5.11. The van der Waals surface area contributed by atoms with Crippen LogP contribution in [0.25, 0.3) is 0 Å². The summed E-state index contributed by atoms with van der Waals surface area (Å²) in [5.74, 6) is 0.146. The molecule has 0 aromatic heterocycles. The van der Waals surface area contributed by atoms with Gasteiger partial charge < -0.3 is 4.90 Å². The number of hydrogen-bond donors (Lipinski definition) is 1. The second kappa shape index (κ2) is 6.64. The van der Waals surface area contributed by atoms with Crippen LogP contribution in [0.15, 0.2) is 23.1 Å². The number of nitrogens with zero attached hydrogens (tertiary/aromatic N) is 2. The summed E-state index contributed by atoms with van der Waals surface area (Å²) in [6.07, 6.45) is 1.08. The third kappa shape index (κ3) is 3.18. The van der Waals surface area contributed by atoms with E-state index in [9.17, 15) is 4.79 Å². The predicted octanol–water partition coefficient (Wildman–Crippen LogP) is 2.84. The molecule has 3 nitrogen and oxygen atoms in total. The molecule has 0 saturated carbocycles. The minimum absolute atomic E-state index is 0.146. The molecule has 1 atom stereocenters. The van der Waals surface area contributed by atoms with Crippen molar-refractivity contribution in [3.8, 4) is 0 Å². The van der Waals surface area contributed by atoms with Gasteiger partial charge in [0.05, 0.1) is 0 Å². The maximum absolute atomic E-state index is 12.6. The number of likely N-dealkylation sites (tertiary alicyclic amines) is 1. The highest BCUT2D eigenvalue weighted by Crippen LogP contribution is 2.21. The summed E-state index contributed by atoms with van der Waals surface area (Å²) < 4.78 is 0. The maximum atomic E-state index is 12.6. The summed E-state index contributed by atoms with van der Waals surface area (Å²) in [4.78, 5) is 17.9. The molecule has 1 heterocycles. The lowest BCUT2D eigenvalue weighted by atomic mass is 10.1. The monoisotopic (exact) mass is 292 g/mol. The first kappa shape index (κ1) is 15.4. The van der Waals surface area contributed by atoms with Gasteiger partial charge in [0.25, 0.3) is 5.91 Å². The zero-order valence-electron chi connectivity index (χ0n) is 12.6. The van der Waals surface area contributed by atoms with E-state index in [4.69, 9.17) is 0 Å². The molecule has 1 aromatic rings. The van der Waals surface area contributed by atoms with E-state index < -0.39 is 0 Å². The first-order valence-corrected chi connectivity index (χ1v) is 7.84. The number of carbonyl (C=O) groups excluding carboxylic acids is 1. The van der Waals surface area contributed by atoms with Gasteiger partial charge in [-0.05, 0) is 44.1 Å². The van der Waals surface area contributed by atoms with Crippen molar-refractivity contribution in [3.63, 3.8) is 0 Å². The normalized spacial score (nSPS) is 18.9. The zero-order chi connectivity index (χ0) is 14.7. The number of amides is 1. The molecule has 0 aliphatic carbocycles. The first-order valence-electron chi connectivity index (χ1n) is 7.39. The number of carbonyl (C=O) groups is 1. The lowest BCUT2D eigenvalue weighted by molar-refractivity contribution is 0.0777. The fourth-order valence-electron chi connectivity index (χ4n) is 2.98. The van der Waals surface area contributed by atoms with Crippen molar-refractivity contribution in [2.45, 2.75) is 38.1 Å². The standard InChI is InChI=1S/C16H24N2OS/c1-4-17(5-2)13-8-9-18(11-13)16(19)15-10-14(20)7-6-12(15)3/h6-7,10,13,20H,4-5,8-9,11H2,1-3H3. The summed E-state index contributed by atoms with van der Waals surface area (Å²) in [5.41, 5.74) is 1.82. The van der Waals surface area contributed by atoms with Crippen molar-refractivity contribution in [2.24, 2.45) is 0 Å². The Balaban J connectivity index is 2.10. The molecule has 0 spiro atoms. The second-order valence-electron chi connectivity index (χ2n) is 5.41. The number of aryl methyl sites for hydroxylation is 1. The Morgan fingerprint density at radius 2 is 2.10 bits per heavy atom. The Hall–Kier alpha value is -1.00. The Morgan fingerprint density at radius 3 is 2.75 bits per heavy atom. The summed E-state index contributed by atoms with van der Waals surface area (Å²) in [6, 6.07) is 6.28. The number of benzene rings is 1. The smallest absolute Gasteiger partial charge is 0.254 e. The van der Waals surface area contributed by atoms with Crippen LogP contribution in [0, 0.1) is 6.92 Å². The highest BCUT2D eigenvalue weighted by molar-refractivity contribution is 7.80. The summed E-state index contributed by atoms with van der Waals surface area (Å²) in [7, 11) is 0. The van der Waals surface area contributed by atoms with Crippen molar-refractivity contribution in [1.82, 2.24) is 9.80 Å². The van der Waals surface area contributed by atoms with Gasteiger partial charge in [-0.25, -0.2) is 0 Å². The molecule has 4 heteroatoms. The van der Waals surface area contributed by atoms with Crippen molar-refractivity contribution < 1.29 is 4.79 Å². The van der Waals surface area contributed by atoms with Crippen LogP contribution in [0.5, 0.6) is 0 Å². The van der Waals surface area contributed by atoms with Crippen molar-refractivity contribution in [2.75, 3.05) is 26.2 Å². The maximum Gasteiger partial charge on any atom is 0.254 e. The van der Waals surface area contributed by atoms with Crippen LogP contribution in [-0.2, 0) is 0 Å². The van der Waals surface area contributed by atoms with Crippen LogP contribution in [0.1, 0.15) is 36.2 Å². The van der Waals surface area contributed by atoms with Crippen molar-refractivity contribution >= 4 is 18.5 Å². The highest BCUT2D eigenvalue weighted by Gasteiger charge is 2.30. The molecule has 0 radical (unpaired) electrons. The summed E-state index contributed by atoms with van der Waals surface area (Å²) in [6.45, 7) is 10.2. The SMILES string of the molecule is CCN(CC)C1CCN(C(=O)c2cc(S)ccc2C)C1. The van der Waals surface area contributed by atoms with E-state index in [-0.39, 0.29) is 5.91 Å². The third-order valence-corrected chi connectivity index (χ3v) is 4.51. The minimum atomic E-state index is 0.146. The quantitative estimate of drug-likeness (QED) is 0.863. The molecule has 20 heavy (non-hydrogen) atoms. The van der Waals surface area contributed by atoms with E-state index in [0.717, 1.165) is 48.6 Å². The topological polar surface area (TPSA) is 23.6 Å². The van der Waals surface area contributed by atoms with E-state index in [1.54, 1.807) is 0 Å². The van der Waals surface area contributed by atoms with Crippen molar-refractivity contribution in [1.29, 1.82) is 0 Å². The molecule has 110 valence electrons. The van der Waals surface area contributed by atoms with Gasteiger partial charge in [0.1, 0.15) is 0 Å². The first-order chi connectivity index (χ1) is 9.56. The molecule has 1 aromatic carbocycles. The van der Waals surface area contributed by atoms with Gasteiger partial charge in [-0.3, -0.25) is 9.69 Å². The van der Waals surface area contributed by atoms with Gasteiger partial charge >= 0.3 is 0 Å².